The molecule has 0 atom stereocenters. The van der Waals surface area contributed by atoms with Crippen molar-refractivity contribution < 1.29 is 14.7 Å². The summed E-state index contributed by atoms with van der Waals surface area (Å²) in [6.07, 6.45) is 0. The van der Waals surface area contributed by atoms with Gasteiger partial charge in [0.2, 0.25) is 5.91 Å². The number of anilines is 1. The molecule has 0 fully saturated rings. The van der Waals surface area contributed by atoms with Crippen molar-refractivity contribution in [1.29, 1.82) is 5.26 Å². The number of rotatable bonds is 7. The van der Waals surface area contributed by atoms with Gasteiger partial charge in [0.1, 0.15) is 11.1 Å². The minimum absolute atomic E-state index is 0.0783. The van der Waals surface area contributed by atoms with E-state index in [0.717, 1.165) is 22.4 Å². The normalized spacial score (nSPS) is 10.7. The van der Waals surface area contributed by atoms with Crippen molar-refractivity contribution >= 4 is 40.2 Å². The zero-order valence-corrected chi connectivity index (χ0v) is 21.7. The summed E-state index contributed by atoms with van der Waals surface area (Å²) in [6, 6.07) is 29.4. The maximum absolute atomic E-state index is 12.7. The molecule has 5 rings (SSSR count). The highest BCUT2D eigenvalue weighted by Crippen LogP contribution is 2.29. The van der Waals surface area contributed by atoms with E-state index in [1.54, 1.807) is 54.6 Å². The van der Waals surface area contributed by atoms with Crippen LogP contribution in [0.5, 0.6) is 0 Å². The van der Waals surface area contributed by atoms with Gasteiger partial charge in [-0.05, 0) is 42.8 Å². The maximum Gasteiger partial charge on any atom is 0.336 e. The number of nitriles is 1. The van der Waals surface area contributed by atoms with Gasteiger partial charge in [-0.15, -0.1) is 0 Å². The van der Waals surface area contributed by atoms with Crippen molar-refractivity contribution in [2.24, 2.45) is 0 Å². The van der Waals surface area contributed by atoms with Crippen LogP contribution in [0.3, 0.4) is 0 Å². The number of pyridine rings is 2. The first-order chi connectivity index (χ1) is 18.9. The van der Waals surface area contributed by atoms with Crippen molar-refractivity contribution in [3.05, 3.63) is 108 Å². The lowest BCUT2D eigenvalue weighted by Gasteiger charge is -2.11. The Morgan fingerprint density at radius 2 is 1.64 bits per heavy atom. The second-order valence-electron chi connectivity index (χ2n) is 8.78. The number of hydrogen-bond acceptors (Lipinski definition) is 6. The molecule has 5 aromatic rings. The Morgan fingerprint density at radius 1 is 0.923 bits per heavy atom. The van der Waals surface area contributed by atoms with Gasteiger partial charge in [-0.3, -0.25) is 4.79 Å². The van der Waals surface area contributed by atoms with Gasteiger partial charge in [0.15, 0.2) is 0 Å². The van der Waals surface area contributed by atoms with E-state index < -0.39 is 5.97 Å². The van der Waals surface area contributed by atoms with Crippen LogP contribution in [0.2, 0.25) is 0 Å². The number of nitrogens with one attached hydrogen (secondary N) is 1. The van der Waals surface area contributed by atoms with Crippen molar-refractivity contribution in [1.82, 2.24) is 9.97 Å². The molecule has 0 bridgehead atoms. The summed E-state index contributed by atoms with van der Waals surface area (Å²) in [5.41, 5.74) is 5.67. The maximum atomic E-state index is 12.7. The van der Waals surface area contributed by atoms with Crippen LogP contribution in [0, 0.1) is 18.3 Å². The number of carbonyl (C=O) groups is 2. The minimum Gasteiger partial charge on any atom is -0.478 e. The van der Waals surface area contributed by atoms with Crippen LogP contribution in [0.25, 0.3) is 33.4 Å². The number of aromatic carboxylic acids is 1. The van der Waals surface area contributed by atoms with E-state index in [0.29, 0.717) is 32.9 Å². The summed E-state index contributed by atoms with van der Waals surface area (Å²) in [5.74, 6) is -1.18. The Labute approximate surface area is 229 Å². The van der Waals surface area contributed by atoms with Crippen molar-refractivity contribution in [3.8, 4) is 28.6 Å². The molecule has 190 valence electrons. The zero-order chi connectivity index (χ0) is 27.4. The standard InChI is InChI=1S/C31H22N4O3S/c1-19-15-22(17-32)30(35-29(19)21-7-3-2-4-8-21)39-18-28(36)33-23-13-11-20(12-14-23)27-16-25(31(37)38)24-9-5-6-10-26(24)34-27/h2-16H,18H2,1H3,(H,33,36)(H,37,38). The molecule has 3 aromatic carbocycles. The highest BCUT2D eigenvalue weighted by Gasteiger charge is 2.15. The SMILES string of the molecule is Cc1cc(C#N)c(SCC(=O)Nc2ccc(-c3cc(C(=O)O)c4ccccc4n3)cc2)nc1-c1ccccc1. The number of fused-ring (bicyclic) bond motifs is 1. The number of thioether (sulfide) groups is 1. The number of carboxylic acid groups (broad SMARTS) is 1. The van der Waals surface area contributed by atoms with Crippen LogP contribution in [0.15, 0.2) is 96.0 Å². The number of carboxylic acids is 1. The summed E-state index contributed by atoms with van der Waals surface area (Å²) in [7, 11) is 0. The molecule has 1 amide bonds. The Balaban J connectivity index is 1.30. The second-order valence-corrected chi connectivity index (χ2v) is 9.74. The Kier molecular flexibility index (Phi) is 7.34. The number of aryl methyl sites for hydroxylation is 1. The van der Waals surface area contributed by atoms with E-state index in [9.17, 15) is 20.0 Å². The van der Waals surface area contributed by atoms with Gasteiger partial charge in [-0.25, -0.2) is 14.8 Å². The van der Waals surface area contributed by atoms with E-state index in [-0.39, 0.29) is 17.2 Å². The first-order valence-electron chi connectivity index (χ1n) is 12.1. The summed E-state index contributed by atoms with van der Waals surface area (Å²) in [6.45, 7) is 1.91. The lowest BCUT2D eigenvalue weighted by Crippen LogP contribution is -2.14. The van der Waals surface area contributed by atoms with Crippen LogP contribution in [-0.4, -0.2) is 32.7 Å². The van der Waals surface area contributed by atoms with Crippen LogP contribution in [-0.2, 0) is 4.79 Å². The average molecular weight is 531 g/mol. The molecule has 0 spiro atoms. The number of amides is 1. The van der Waals surface area contributed by atoms with Crippen molar-refractivity contribution in [2.45, 2.75) is 11.9 Å². The van der Waals surface area contributed by atoms with E-state index >= 15 is 0 Å². The first kappa shape index (κ1) is 25.6. The zero-order valence-electron chi connectivity index (χ0n) is 20.9. The molecule has 0 radical (unpaired) electrons. The molecule has 0 aliphatic rings. The van der Waals surface area contributed by atoms with E-state index in [1.165, 1.54) is 11.8 Å². The van der Waals surface area contributed by atoms with Crippen LogP contribution in [0.4, 0.5) is 5.69 Å². The fraction of sp³-hybridized carbons (Fsp3) is 0.0645. The second kappa shape index (κ2) is 11.2. The molecule has 0 saturated heterocycles. The van der Waals surface area contributed by atoms with Gasteiger partial charge in [-0.1, -0.05) is 72.4 Å². The first-order valence-corrected chi connectivity index (χ1v) is 13.0. The summed E-state index contributed by atoms with van der Waals surface area (Å²) < 4.78 is 0. The predicted molar refractivity (Wildman–Crippen MR) is 153 cm³/mol. The van der Waals surface area contributed by atoms with Crippen LogP contribution >= 0.6 is 11.8 Å². The number of nitrogens with zero attached hydrogens (tertiary/aromatic N) is 3. The van der Waals surface area contributed by atoms with Crippen LogP contribution < -0.4 is 5.32 Å². The number of aromatic nitrogens is 2. The summed E-state index contributed by atoms with van der Waals surface area (Å²) in [5, 5.41) is 23.2. The molecule has 7 nitrogen and oxygen atoms in total. The Hall–Kier alpha value is -5.00. The topological polar surface area (TPSA) is 116 Å². The van der Waals surface area contributed by atoms with E-state index in [4.69, 9.17) is 4.98 Å². The number of benzene rings is 3. The number of para-hydroxylation sites is 1. The quantitative estimate of drug-likeness (QED) is 0.229. The Morgan fingerprint density at radius 3 is 2.36 bits per heavy atom. The molecule has 0 unspecified atom stereocenters. The van der Waals surface area contributed by atoms with Crippen molar-refractivity contribution in [2.75, 3.05) is 11.1 Å². The highest BCUT2D eigenvalue weighted by atomic mass is 32.2. The van der Waals surface area contributed by atoms with Gasteiger partial charge >= 0.3 is 5.97 Å². The Bertz CT molecular complexity index is 1750. The molecular formula is C31H22N4O3S. The largest absolute Gasteiger partial charge is 0.478 e. The third kappa shape index (κ3) is 5.64. The average Bonchev–Trinajstić information content (AvgIpc) is 2.96. The molecule has 0 aliphatic carbocycles. The minimum atomic E-state index is -1.02. The van der Waals surface area contributed by atoms with Gasteiger partial charge in [0.25, 0.3) is 0 Å². The molecular weight excluding hydrogens is 508 g/mol. The third-order valence-electron chi connectivity index (χ3n) is 6.10. The lowest BCUT2D eigenvalue weighted by molar-refractivity contribution is -0.113. The van der Waals surface area contributed by atoms with E-state index in [2.05, 4.69) is 16.4 Å². The fourth-order valence-corrected chi connectivity index (χ4v) is 4.99. The molecule has 39 heavy (non-hydrogen) atoms. The van der Waals surface area contributed by atoms with E-state index in [1.807, 2.05) is 43.3 Å². The molecule has 2 aromatic heterocycles. The van der Waals surface area contributed by atoms with Crippen LogP contribution in [0.1, 0.15) is 21.5 Å². The van der Waals surface area contributed by atoms with Gasteiger partial charge < -0.3 is 10.4 Å². The monoisotopic (exact) mass is 530 g/mol. The number of hydrogen-bond donors (Lipinski definition) is 2. The predicted octanol–water partition coefficient (Wildman–Crippen LogP) is 6.57. The summed E-state index contributed by atoms with van der Waals surface area (Å²) >= 11 is 1.21. The smallest absolute Gasteiger partial charge is 0.336 e. The molecule has 0 aliphatic heterocycles. The highest BCUT2D eigenvalue weighted by molar-refractivity contribution is 8.00. The van der Waals surface area contributed by atoms with Crippen molar-refractivity contribution in [3.63, 3.8) is 0 Å². The fourth-order valence-electron chi connectivity index (χ4n) is 4.23. The molecule has 2 N–H and O–H groups in total. The number of carbonyl (C=O) groups excluding carboxylic acids is 1. The van der Waals surface area contributed by atoms with Gasteiger partial charge in [0.05, 0.1) is 33.8 Å². The molecule has 0 saturated carbocycles. The lowest BCUT2D eigenvalue weighted by atomic mass is 10.0. The summed E-state index contributed by atoms with van der Waals surface area (Å²) in [4.78, 5) is 33.8. The van der Waals surface area contributed by atoms with Gasteiger partial charge in [0, 0.05) is 22.2 Å². The molecule has 8 heteroatoms. The van der Waals surface area contributed by atoms with Gasteiger partial charge in [-0.2, -0.15) is 5.26 Å². The molecule has 2 heterocycles. The third-order valence-corrected chi connectivity index (χ3v) is 7.09.